The van der Waals surface area contributed by atoms with Crippen molar-refractivity contribution in [3.05, 3.63) is 48.5 Å². The zero-order chi connectivity index (χ0) is 15.8. The lowest BCUT2D eigenvalue weighted by Crippen LogP contribution is -2.18. The van der Waals surface area contributed by atoms with Crippen LogP contribution in [0.3, 0.4) is 0 Å². The highest BCUT2D eigenvalue weighted by Gasteiger charge is 2.12. The maximum Gasteiger partial charge on any atom is 0.166 e. The van der Waals surface area contributed by atoms with E-state index in [0.29, 0.717) is 0 Å². The quantitative estimate of drug-likeness (QED) is 0.255. The molecule has 0 spiro atoms. The van der Waals surface area contributed by atoms with E-state index in [4.69, 9.17) is 0 Å². The molecular formula is C17H24N4S. The molecule has 118 valence electrons. The molecule has 0 aliphatic heterocycles. The molecule has 0 saturated heterocycles. The predicted octanol–water partition coefficient (Wildman–Crippen LogP) is 3.94. The molecule has 1 aromatic carbocycles. The lowest BCUT2D eigenvalue weighted by molar-refractivity contribution is 0.435. The molecule has 0 amide bonds. The number of hydrazone groups is 1. The average molecular weight is 316 g/mol. The number of hydrogen-bond donors (Lipinski definition) is 0. The fourth-order valence-corrected chi connectivity index (χ4v) is 3.19. The van der Waals surface area contributed by atoms with Crippen molar-refractivity contribution < 1.29 is 0 Å². The predicted molar refractivity (Wildman–Crippen MR) is 94.5 cm³/mol. The maximum absolute atomic E-state index is 4.65. The Morgan fingerprint density at radius 2 is 2.09 bits per heavy atom. The van der Waals surface area contributed by atoms with Crippen LogP contribution in [0.5, 0.6) is 0 Å². The summed E-state index contributed by atoms with van der Waals surface area (Å²) < 4.78 is 1.96. The number of imidazole rings is 1. The van der Waals surface area contributed by atoms with Crippen molar-refractivity contribution in [3.8, 4) is 0 Å². The number of thioether (sulfide) groups is 1. The van der Waals surface area contributed by atoms with Crippen molar-refractivity contribution >= 4 is 17.6 Å². The van der Waals surface area contributed by atoms with E-state index in [9.17, 15) is 0 Å². The summed E-state index contributed by atoms with van der Waals surface area (Å²) in [6.07, 6.45) is 9.30. The number of rotatable bonds is 7. The van der Waals surface area contributed by atoms with Crippen molar-refractivity contribution in [2.75, 3.05) is 19.8 Å². The number of aromatic nitrogens is 2. The molecule has 4 nitrogen and oxygen atoms in total. The average Bonchev–Trinajstić information content (AvgIpc) is 3.04. The van der Waals surface area contributed by atoms with Crippen LogP contribution in [0.2, 0.25) is 0 Å². The van der Waals surface area contributed by atoms with E-state index in [1.807, 2.05) is 41.6 Å². The molecule has 22 heavy (non-hydrogen) atoms. The van der Waals surface area contributed by atoms with E-state index in [0.717, 1.165) is 17.2 Å². The van der Waals surface area contributed by atoms with Gasteiger partial charge in [-0.25, -0.2) is 4.98 Å². The maximum atomic E-state index is 4.65. The standard InChI is InChI=1S/C17H24N4S/c1-4-5-8-13-22-16-10-7-6-9-15(16)17(19-20(2)3)21-12-11-18-14-21/h6-7,9-12,14H,4-5,8,13H2,1-3H3/b19-17-. The van der Waals surface area contributed by atoms with Gasteiger partial charge in [0.05, 0.1) is 0 Å². The second-order valence-electron chi connectivity index (χ2n) is 5.29. The highest BCUT2D eigenvalue weighted by molar-refractivity contribution is 7.99. The van der Waals surface area contributed by atoms with Crippen LogP contribution in [-0.2, 0) is 0 Å². The van der Waals surface area contributed by atoms with Crippen molar-refractivity contribution in [3.63, 3.8) is 0 Å². The minimum absolute atomic E-state index is 0.904. The first-order valence-electron chi connectivity index (χ1n) is 7.69. The number of nitrogens with zero attached hydrogens (tertiary/aromatic N) is 4. The second kappa shape index (κ2) is 8.63. The van der Waals surface area contributed by atoms with Gasteiger partial charge in [-0.1, -0.05) is 38.0 Å². The first-order valence-corrected chi connectivity index (χ1v) is 8.67. The fourth-order valence-electron chi connectivity index (χ4n) is 2.13. The zero-order valence-corrected chi connectivity index (χ0v) is 14.4. The summed E-state index contributed by atoms with van der Waals surface area (Å²) in [5.74, 6) is 2.05. The van der Waals surface area contributed by atoms with Crippen LogP contribution in [0, 0.1) is 0 Å². The topological polar surface area (TPSA) is 33.4 Å². The lowest BCUT2D eigenvalue weighted by atomic mass is 10.2. The van der Waals surface area contributed by atoms with Gasteiger partial charge >= 0.3 is 0 Å². The van der Waals surface area contributed by atoms with Gasteiger partial charge in [0.25, 0.3) is 0 Å². The van der Waals surface area contributed by atoms with Gasteiger partial charge in [-0.3, -0.25) is 4.57 Å². The molecule has 0 bridgehead atoms. The van der Waals surface area contributed by atoms with Crippen molar-refractivity contribution in [2.45, 2.75) is 31.1 Å². The first-order chi connectivity index (χ1) is 10.7. The molecule has 1 aromatic heterocycles. The third kappa shape index (κ3) is 4.63. The Bertz CT molecular complexity index is 590. The summed E-state index contributed by atoms with van der Waals surface area (Å²) in [5.41, 5.74) is 1.15. The highest BCUT2D eigenvalue weighted by atomic mass is 32.2. The largest absolute Gasteiger partial charge is 0.301 e. The molecule has 0 aliphatic rings. The Labute approximate surface area is 137 Å². The molecule has 2 rings (SSSR count). The number of unbranched alkanes of at least 4 members (excludes halogenated alkanes) is 2. The molecule has 0 unspecified atom stereocenters. The molecule has 0 aliphatic carbocycles. The monoisotopic (exact) mass is 316 g/mol. The minimum Gasteiger partial charge on any atom is -0.301 e. The van der Waals surface area contributed by atoms with E-state index in [-0.39, 0.29) is 0 Å². The van der Waals surface area contributed by atoms with Crippen LogP contribution in [0.25, 0.3) is 0 Å². The summed E-state index contributed by atoms with van der Waals surface area (Å²) in [4.78, 5) is 5.42. The van der Waals surface area contributed by atoms with Crippen molar-refractivity contribution in [2.24, 2.45) is 5.10 Å². The van der Waals surface area contributed by atoms with Crippen molar-refractivity contribution in [1.82, 2.24) is 14.6 Å². The molecule has 2 aromatic rings. The number of benzene rings is 1. The summed E-state index contributed by atoms with van der Waals surface area (Å²) in [7, 11) is 3.88. The lowest BCUT2D eigenvalue weighted by Gasteiger charge is -2.15. The molecular weight excluding hydrogens is 292 g/mol. The van der Waals surface area contributed by atoms with Gasteiger partial charge in [-0.2, -0.15) is 5.10 Å². The molecule has 0 fully saturated rings. The molecule has 0 atom stereocenters. The van der Waals surface area contributed by atoms with E-state index in [1.165, 1.54) is 24.2 Å². The van der Waals surface area contributed by atoms with Gasteiger partial charge in [0.2, 0.25) is 0 Å². The van der Waals surface area contributed by atoms with Gasteiger partial charge < -0.3 is 5.01 Å². The Kier molecular flexibility index (Phi) is 6.52. The van der Waals surface area contributed by atoms with Crippen LogP contribution in [-0.4, -0.2) is 40.2 Å². The molecule has 0 radical (unpaired) electrons. The third-order valence-corrected chi connectivity index (χ3v) is 4.34. The summed E-state index contributed by atoms with van der Waals surface area (Å²) >= 11 is 1.91. The van der Waals surface area contributed by atoms with E-state index >= 15 is 0 Å². The van der Waals surface area contributed by atoms with Crippen LogP contribution < -0.4 is 0 Å². The van der Waals surface area contributed by atoms with Crippen LogP contribution in [0.4, 0.5) is 0 Å². The Morgan fingerprint density at radius 3 is 2.77 bits per heavy atom. The van der Waals surface area contributed by atoms with Gasteiger partial charge in [0.1, 0.15) is 6.33 Å². The van der Waals surface area contributed by atoms with Crippen molar-refractivity contribution in [1.29, 1.82) is 0 Å². The summed E-state index contributed by atoms with van der Waals surface area (Å²) in [5, 5.41) is 6.48. The SMILES string of the molecule is CCCCCSc1ccccc1/C(=N/N(C)C)n1ccnc1. The Balaban J connectivity index is 2.28. The van der Waals surface area contributed by atoms with Crippen LogP contribution >= 0.6 is 11.8 Å². The smallest absolute Gasteiger partial charge is 0.166 e. The van der Waals surface area contributed by atoms with Gasteiger partial charge in [-0.15, -0.1) is 11.8 Å². The van der Waals surface area contributed by atoms with Gasteiger partial charge in [0, 0.05) is 36.9 Å². The molecule has 5 heteroatoms. The summed E-state index contributed by atoms with van der Waals surface area (Å²) in [6, 6.07) is 8.46. The third-order valence-electron chi connectivity index (χ3n) is 3.18. The molecule has 1 heterocycles. The van der Waals surface area contributed by atoms with E-state index in [2.05, 4.69) is 41.3 Å². The van der Waals surface area contributed by atoms with E-state index < -0.39 is 0 Å². The Hall–Kier alpha value is -1.75. The highest BCUT2D eigenvalue weighted by Crippen LogP contribution is 2.25. The van der Waals surface area contributed by atoms with Crippen LogP contribution in [0.1, 0.15) is 31.7 Å². The van der Waals surface area contributed by atoms with Gasteiger partial charge in [-0.05, 0) is 18.2 Å². The first kappa shape index (κ1) is 16.6. The Morgan fingerprint density at radius 1 is 1.27 bits per heavy atom. The normalized spacial score (nSPS) is 11.7. The van der Waals surface area contributed by atoms with Gasteiger partial charge in [0.15, 0.2) is 5.84 Å². The van der Waals surface area contributed by atoms with Crippen LogP contribution in [0.15, 0.2) is 53.0 Å². The molecule has 0 saturated carbocycles. The molecule has 0 N–H and O–H groups in total. The fraction of sp³-hybridized carbons (Fsp3) is 0.412. The number of hydrogen-bond acceptors (Lipinski definition) is 4. The zero-order valence-electron chi connectivity index (χ0n) is 13.6. The summed E-state index contributed by atoms with van der Waals surface area (Å²) in [6.45, 7) is 2.24. The minimum atomic E-state index is 0.904. The van der Waals surface area contributed by atoms with E-state index in [1.54, 1.807) is 12.5 Å². The second-order valence-corrected chi connectivity index (χ2v) is 6.43.